The first-order valence-corrected chi connectivity index (χ1v) is 5.13. The van der Waals surface area contributed by atoms with Gasteiger partial charge in [-0.1, -0.05) is 6.07 Å². The van der Waals surface area contributed by atoms with Crippen LogP contribution in [0, 0.1) is 27.6 Å². The summed E-state index contributed by atoms with van der Waals surface area (Å²) in [4.78, 5) is 9.83. The average Bonchev–Trinajstić information content (AvgIpc) is 2.26. The molecule has 0 atom stereocenters. The predicted molar refractivity (Wildman–Crippen MR) is 62.7 cm³/mol. The number of hydrogen-bond acceptors (Lipinski definition) is 3. The van der Waals surface area contributed by atoms with Crippen molar-refractivity contribution in [3.05, 3.63) is 64.0 Å². The molecule has 0 fully saturated rings. The molecule has 0 amide bonds. The Morgan fingerprint density at radius 1 is 1.05 bits per heavy atom. The number of hydrogen-bond donors (Lipinski definition) is 1. The summed E-state index contributed by atoms with van der Waals surface area (Å²) in [5.41, 5.74) is -1.02. The largest absolute Gasteiger partial charge is 0.350 e. The second-order valence-corrected chi connectivity index (χ2v) is 3.68. The van der Waals surface area contributed by atoms with Gasteiger partial charge in [0.15, 0.2) is 0 Å². The third kappa shape index (κ3) is 2.82. The minimum Gasteiger partial charge on any atom is -0.350 e. The molecule has 0 radical (unpaired) electrons. The second-order valence-electron chi connectivity index (χ2n) is 3.68. The summed E-state index contributed by atoms with van der Waals surface area (Å²) >= 11 is 0. The lowest BCUT2D eigenvalue weighted by atomic mass is 10.2. The van der Waals surface area contributed by atoms with E-state index in [1.807, 2.05) is 0 Å². The van der Waals surface area contributed by atoms with Crippen LogP contribution in [0.1, 0.15) is 0 Å². The number of nitrogens with one attached hydrogen (secondary N) is 1. The highest BCUT2D eigenvalue weighted by atomic mass is 19.1. The number of benzene rings is 2. The average molecular weight is 268 g/mol. The summed E-state index contributed by atoms with van der Waals surface area (Å²) in [6, 6.07) is 5.96. The molecule has 7 heteroatoms. The highest BCUT2D eigenvalue weighted by Gasteiger charge is 2.20. The van der Waals surface area contributed by atoms with Gasteiger partial charge in [-0.25, -0.2) is 8.78 Å². The molecular weight excluding hydrogens is 261 g/mol. The molecule has 0 unspecified atom stereocenters. The highest BCUT2D eigenvalue weighted by Crippen LogP contribution is 2.30. The Bertz CT molecular complexity index is 627. The van der Waals surface area contributed by atoms with Gasteiger partial charge in [0.05, 0.1) is 4.92 Å². The Hall–Kier alpha value is -2.57. The monoisotopic (exact) mass is 268 g/mol. The fourth-order valence-electron chi connectivity index (χ4n) is 1.58. The molecular formula is C12H7F3N2O2. The number of para-hydroxylation sites is 1. The third-order valence-electron chi connectivity index (χ3n) is 2.31. The van der Waals surface area contributed by atoms with Crippen LogP contribution in [-0.2, 0) is 0 Å². The van der Waals surface area contributed by atoms with Crippen LogP contribution in [0.4, 0.5) is 30.2 Å². The van der Waals surface area contributed by atoms with E-state index in [1.54, 1.807) is 0 Å². The lowest BCUT2D eigenvalue weighted by molar-refractivity contribution is -0.386. The molecule has 98 valence electrons. The summed E-state index contributed by atoms with van der Waals surface area (Å²) in [5, 5.41) is 13.2. The van der Waals surface area contributed by atoms with Crippen molar-refractivity contribution in [1.29, 1.82) is 0 Å². The molecule has 0 bridgehead atoms. The van der Waals surface area contributed by atoms with Gasteiger partial charge in [0.25, 0.3) is 0 Å². The Morgan fingerprint density at radius 2 is 1.68 bits per heavy atom. The summed E-state index contributed by atoms with van der Waals surface area (Å²) in [7, 11) is 0. The first-order chi connectivity index (χ1) is 8.97. The van der Waals surface area contributed by atoms with Gasteiger partial charge in [-0.3, -0.25) is 10.1 Å². The van der Waals surface area contributed by atoms with Crippen molar-refractivity contribution < 1.29 is 18.1 Å². The normalized spacial score (nSPS) is 10.3. The molecule has 0 heterocycles. The maximum absolute atomic E-state index is 13.3. The topological polar surface area (TPSA) is 55.2 Å². The summed E-state index contributed by atoms with van der Waals surface area (Å²) in [6.45, 7) is 0. The molecule has 2 aromatic carbocycles. The number of rotatable bonds is 3. The van der Waals surface area contributed by atoms with Crippen molar-refractivity contribution in [2.24, 2.45) is 0 Å². The molecule has 1 N–H and O–H groups in total. The first kappa shape index (κ1) is 12.9. The van der Waals surface area contributed by atoms with E-state index in [2.05, 4.69) is 5.32 Å². The second kappa shape index (κ2) is 4.97. The summed E-state index contributed by atoms with van der Waals surface area (Å²) in [6.07, 6.45) is 0. The van der Waals surface area contributed by atoms with Crippen LogP contribution < -0.4 is 5.32 Å². The zero-order chi connectivity index (χ0) is 14.0. The summed E-state index contributed by atoms with van der Waals surface area (Å²) < 4.78 is 39.3. The van der Waals surface area contributed by atoms with E-state index in [-0.39, 0.29) is 11.4 Å². The Kier molecular flexibility index (Phi) is 3.37. The van der Waals surface area contributed by atoms with E-state index >= 15 is 0 Å². The van der Waals surface area contributed by atoms with Gasteiger partial charge in [-0.2, -0.15) is 4.39 Å². The quantitative estimate of drug-likeness (QED) is 0.681. The van der Waals surface area contributed by atoms with E-state index < -0.39 is 28.1 Å². The minimum atomic E-state index is -1.04. The van der Waals surface area contributed by atoms with Crippen LogP contribution in [0.3, 0.4) is 0 Å². The molecule has 0 saturated carbocycles. The lowest BCUT2D eigenvalue weighted by Crippen LogP contribution is -2.00. The van der Waals surface area contributed by atoms with Gasteiger partial charge in [0.1, 0.15) is 17.3 Å². The van der Waals surface area contributed by atoms with Gasteiger partial charge in [-0.15, -0.1) is 0 Å². The van der Waals surface area contributed by atoms with Crippen LogP contribution >= 0.6 is 0 Å². The molecule has 2 rings (SSSR count). The molecule has 0 aromatic heterocycles. The Balaban J connectivity index is 2.43. The lowest BCUT2D eigenvalue weighted by Gasteiger charge is -2.07. The molecule has 0 aliphatic carbocycles. The third-order valence-corrected chi connectivity index (χ3v) is 2.31. The molecule has 0 aliphatic rings. The highest BCUT2D eigenvalue weighted by molar-refractivity contribution is 5.69. The maximum Gasteiger partial charge on any atom is 0.327 e. The van der Waals surface area contributed by atoms with Gasteiger partial charge in [0.2, 0.25) is 5.82 Å². The van der Waals surface area contributed by atoms with Crippen LogP contribution in [0.15, 0.2) is 36.4 Å². The molecule has 0 saturated heterocycles. The van der Waals surface area contributed by atoms with Crippen molar-refractivity contribution in [3.63, 3.8) is 0 Å². The molecule has 2 aromatic rings. The van der Waals surface area contributed by atoms with Gasteiger partial charge in [-0.05, 0) is 24.3 Å². The minimum absolute atomic E-state index is 0.0498. The zero-order valence-corrected chi connectivity index (χ0v) is 9.36. The van der Waals surface area contributed by atoms with Crippen molar-refractivity contribution in [2.75, 3.05) is 5.32 Å². The zero-order valence-electron chi connectivity index (χ0n) is 9.36. The van der Waals surface area contributed by atoms with Gasteiger partial charge in [0, 0.05) is 11.8 Å². The SMILES string of the molecule is O=[N+]([O-])c1c(F)cccc1Nc1cc(F)cc(F)c1. The smallest absolute Gasteiger partial charge is 0.327 e. The van der Waals surface area contributed by atoms with Gasteiger partial charge < -0.3 is 5.32 Å². The van der Waals surface area contributed by atoms with E-state index in [9.17, 15) is 23.3 Å². The van der Waals surface area contributed by atoms with E-state index in [1.165, 1.54) is 12.1 Å². The Labute approximate surface area is 105 Å². The molecule has 4 nitrogen and oxygen atoms in total. The van der Waals surface area contributed by atoms with Crippen molar-refractivity contribution in [1.82, 2.24) is 0 Å². The van der Waals surface area contributed by atoms with E-state index in [0.717, 1.165) is 18.2 Å². The van der Waals surface area contributed by atoms with E-state index in [0.29, 0.717) is 6.07 Å². The summed E-state index contributed by atoms with van der Waals surface area (Å²) in [5.74, 6) is -2.73. The number of nitro groups is 1. The fourth-order valence-corrected chi connectivity index (χ4v) is 1.58. The molecule has 0 aliphatic heterocycles. The molecule has 0 spiro atoms. The number of anilines is 2. The van der Waals surface area contributed by atoms with E-state index in [4.69, 9.17) is 0 Å². The van der Waals surface area contributed by atoms with Crippen LogP contribution in [0.25, 0.3) is 0 Å². The maximum atomic E-state index is 13.3. The first-order valence-electron chi connectivity index (χ1n) is 5.13. The van der Waals surface area contributed by atoms with Crippen LogP contribution in [-0.4, -0.2) is 4.92 Å². The predicted octanol–water partition coefficient (Wildman–Crippen LogP) is 3.76. The standard InChI is InChI=1S/C12H7F3N2O2/c13-7-4-8(14)6-9(5-7)16-11-3-1-2-10(15)12(11)17(18)19/h1-6,16H. The van der Waals surface area contributed by atoms with Crippen molar-refractivity contribution in [3.8, 4) is 0 Å². The van der Waals surface area contributed by atoms with Crippen LogP contribution in [0.2, 0.25) is 0 Å². The van der Waals surface area contributed by atoms with Gasteiger partial charge >= 0.3 is 5.69 Å². The fraction of sp³-hybridized carbons (Fsp3) is 0. The van der Waals surface area contributed by atoms with Crippen molar-refractivity contribution >= 4 is 17.1 Å². The Morgan fingerprint density at radius 3 is 2.26 bits per heavy atom. The number of nitro benzene ring substituents is 1. The van der Waals surface area contributed by atoms with Crippen LogP contribution in [0.5, 0.6) is 0 Å². The molecule has 19 heavy (non-hydrogen) atoms. The number of nitrogens with zero attached hydrogens (tertiary/aromatic N) is 1. The number of halogens is 3. The van der Waals surface area contributed by atoms with Crippen molar-refractivity contribution in [2.45, 2.75) is 0 Å².